The molecular formula is C24H27N5S. The lowest BCUT2D eigenvalue weighted by Gasteiger charge is -2.21. The number of aromatic nitrogens is 3. The molecule has 1 N–H and O–H groups in total. The molecule has 6 heteroatoms. The van der Waals surface area contributed by atoms with E-state index in [2.05, 4.69) is 84.8 Å². The minimum atomic E-state index is 0.899. The molecule has 5 nitrogen and oxygen atoms in total. The monoisotopic (exact) mass is 417 g/mol. The molecule has 154 valence electrons. The van der Waals surface area contributed by atoms with E-state index in [1.54, 1.807) is 11.3 Å². The Bertz CT molecular complexity index is 1160. The van der Waals surface area contributed by atoms with Gasteiger partial charge in [-0.15, -0.1) is 11.3 Å². The Morgan fingerprint density at radius 3 is 2.50 bits per heavy atom. The maximum Gasteiger partial charge on any atom is 0.187 e. The van der Waals surface area contributed by atoms with E-state index in [4.69, 9.17) is 4.98 Å². The van der Waals surface area contributed by atoms with Crippen LogP contribution in [0.3, 0.4) is 0 Å². The first kappa shape index (κ1) is 20.2. The summed E-state index contributed by atoms with van der Waals surface area (Å²) in [4.78, 5) is 11.4. The number of nitrogens with zero attached hydrogens (tertiary/aromatic N) is 4. The fraction of sp³-hybridized carbons (Fsp3) is 0.250. The smallest absolute Gasteiger partial charge is 0.187 e. The third kappa shape index (κ3) is 4.09. The molecule has 0 amide bonds. The zero-order valence-electron chi connectivity index (χ0n) is 18.1. The lowest BCUT2D eigenvalue weighted by Crippen LogP contribution is -2.17. The second-order valence-electron chi connectivity index (χ2n) is 7.60. The first-order valence-electron chi connectivity index (χ1n) is 10.1. The zero-order chi connectivity index (χ0) is 21.3. The molecule has 0 aliphatic carbocycles. The van der Waals surface area contributed by atoms with Gasteiger partial charge in [-0.2, -0.15) is 0 Å². The van der Waals surface area contributed by atoms with Crippen LogP contribution in [0.15, 0.2) is 54.3 Å². The minimum Gasteiger partial charge on any atom is -0.375 e. The van der Waals surface area contributed by atoms with Crippen LogP contribution in [0, 0.1) is 20.8 Å². The first-order chi connectivity index (χ1) is 14.4. The molecule has 2 aromatic carbocycles. The maximum absolute atomic E-state index is 4.82. The van der Waals surface area contributed by atoms with Gasteiger partial charge in [0, 0.05) is 47.8 Å². The second kappa shape index (κ2) is 8.32. The topological polar surface area (TPSA) is 46.0 Å². The highest BCUT2D eigenvalue weighted by atomic mass is 32.1. The van der Waals surface area contributed by atoms with Crippen molar-refractivity contribution in [1.29, 1.82) is 0 Å². The van der Waals surface area contributed by atoms with Crippen LogP contribution in [0.2, 0.25) is 0 Å². The van der Waals surface area contributed by atoms with Gasteiger partial charge in [0.1, 0.15) is 0 Å². The molecule has 0 aliphatic heterocycles. The molecule has 4 aromatic rings. The SMILES string of the molecule is CCN(C)c1cc(Nc2nc(-c3ccc(-n4cnc(C)c4)cc3)cs2)c(C)cc1C. The highest BCUT2D eigenvalue weighted by molar-refractivity contribution is 7.14. The Morgan fingerprint density at radius 1 is 1.07 bits per heavy atom. The van der Waals surface area contributed by atoms with Gasteiger partial charge in [0.15, 0.2) is 5.13 Å². The summed E-state index contributed by atoms with van der Waals surface area (Å²) in [5, 5.41) is 6.52. The fourth-order valence-electron chi connectivity index (χ4n) is 3.50. The van der Waals surface area contributed by atoms with Crippen LogP contribution < -0.4 is 10.2 Å². The molecule has 30 heavy (non-hydrogen) atoms. The first-order valence-corrected chi connectivity index (χ1v) is 11.0. The van der Waals surface area contributed by atoms with Crippen LogP contribution in [0.25, 0.3) is 16.9 Å². The van der Waals surface area contributed by atoms with Crippen LogP contribution in [0.5, 0.6) is 0 Å². The maximum atomic E-state index is 4.82. The van der Waals surface area contributed by atoms with Crippen LogP contribution in [0.4, 0.5) is 16.5 Å². The summed E-state index contributed by atoms with van der Waals surface area (Å²) in [6.45, 7) is 9.43. The van der Waals surface area contributed by atoms with Crippen molar-refractivity contribution in [2.45, 2.75) is 27.7 Å². The van der Waals surface area contributed by atoms with E-state index in [1.807, 2.05) is 24.0 Å². The second-order valence-corrected chi connectivity index (χ2v) is 8.46. The Kier molecular flexibility index (Phi) is 5.59. The highest BCUT2D eigenvalue weighted by Gasteiger charge is 2.11. The molecule has 0 fully saturated rings. The number of anilines is 3. The summed E-state index contributed by atoms with van der Waals surface area (Å²) < 4.78 is 2.03. The molecule has 0 atom stereocenters. The van der Waals surface area contributed by atoms with Gasteiger partial charge >= 0.3 is 0 Å². The lowest BCUT2D eigenvalue weighted by molar-refractivity contribution is 0.960. The number of hydrogen-bond acceptors (Lipinski definition) is 5. The number of hydrogen-bond donors (Lipinski definition) is 1. The van der Waals surface area contributed by atoms with E-state index < -0.39 is 0 Å². The van der Waals surface area contributed by atoms with Crippen molar-refractivity contribution in [2.75, 3.05) is 23.8 Å². The van der Waals surface area contributed by atoms with Gasteiger partial charge in [-0.05, 0) is 57.0 Å². The average molecular weight is 418 g/mol. The normalized spacial score (nSPS) is 11.0. The van der Waals surface area contributed by atoms with Gasteiger partial charge in [-0.1, -0.05) is 18.2 Å². The predicted molar refractivity (Wildman–Crippen MR) is 128 cm³/mol. The van der Waals surface area contributed by atoms with Gasteiger partial charge in [0.25, 0.3) is 0 Å². The van der Waals surface area contributed by atoms with E-state index in [-0.39, 0.29) is 0 Å². The Morgan fingerprint density at radius 2 is 1.83 bits per heavy atom. The molecule has 0 bridgehead atoms. The third-order valence-electron chi connectivity index (χ3n) is 5.35. The van der Waals surface area contributed by atoms with Gasteiger partial charge in [0.05, 0.1) is 17.7 Å². The van der Waals surface area contributed by atoms with Crippen LogP contribution in [-0.4, -0.2) is 28.1 Å². The molecular weight excluding hydrogens is 390 g/mol. The largest absolute Gasteiger partial charge is 0.375 e. The molecule has 0 spiro atoms. The van der Waals surface area contributed by atoms with Crippen LogP contribution in [0.1, 0.15) is 23.7 Å². The van der Waals surface area contributed by atoms with Crippen molar-refractivity contribution in [3.05, 3.63) is 71.1 Å². The summed E-state index contributed by atoms with van der Waals surface area (Å²) in [7, 11) is 2.12. The van der Waals surface area contributed by atoms with E-state index in [0.29, 0.717) is 0 Å². The van der Waals surface area contributed by atoms with Gasteiger partial charge in [-0.3, -0.25) is 0 Å². The van der Waals surface area contributed by atoms with Gasteiger partial charge < -0.3 is 14.8 Å². The van der Waals surface area contributed by atoms with E-state index >= 15 is 0 Å². The number of aryl methyl sites for hydroxylation is 3. The van der Waals surface area contributed by atoms with Crippen LogP contribution in [-0.2, 0) is 0 Å². The van der Waals surface area contributed by atoms with Crippen molar-refractivity contribution >= 4 is 27.8 Å². The molecule has 0 saturated carbocycles. The molecule has 2 heterocycles. The summed E-state index contributed by atoms with van der Waals surface area (Å²) in [5.74, 6) is 0. The van der Waals surface area contributed by atoms with E-state index in [0.717, 1.165) is 40.0 Å². The summed E-state index contributed by atoms with van der Waals surface area (Å²) >= 11 is 1.63. The molecule has 0 radical (unpaired) electrons. The van der Waals surface area contributed by atoms with Crippen molar-refractivity contribution in [1.82, 2.24) is 14.5 Å². The quantitative estimate of drug-likeness (QED) is 0.410. The van der Waals surface area contributed by atoms with Gasteiger partial charge in [0.2, 0.25) is 0 Å². The summed E-state index contributed by atoms with van der Waals surface area (Å²) in [6.07, 6.45) is 3.86. The predicted octanol–water partition coefficient (Wildman–Crippen LogP) is 6.12. The fourth-order valence-corrected chi connectivity index (χ4v) is 4.23. The third-order valence-corrected chi connectivity index (χ3v) is 6.10. The van der Waals surface area contributed by atoms with E-state index in [9.17, 15) is 0 Å². The molecule has 0 saturated heterocycles. The average Bonchev–Trinajstić information content (AvgIpc) is 3.39. The highest BCUT2D eigenvalue weighted by Crippen LogP contribution is 2.32. The summed E-state index contributed by atoms with van der Waals surface area (Å²) in [6, 6.07) is 12.9. The molecule has 0 unspecified atom stereocenters. The number of benzene rings is 2. The van der Waals surface area contributed by atoms with Crippen LogP contribution >= 0.6 is 11.3 Å². The summed E-state index contributed by atoms with van der Waals surface area (Å²) in [5.41, 5.74) is 9.03. The Hall–Kier alpha value is -3.12. The number of nitrogens with one attached hydrogen (secondary N) is 1. The molecule has 4 rings (SSSR count). The molecule has 2 aromatic heterocycles. The van der Waals surface area contributed by atoms with Gasteiger partial charge in [-0.25, -0.2) is 9.97 Å². The van der Waals surface area contributed by atoms with Crippen molar-refractivity contribution in [2.24, 2.45) is 0 Å². The minimum absolute atomic E-state index is 0.899. The lowest BCUT2D eigenvalue weighted by atomic mass is 10.1. The van der Waals surface area contributed by atoms with Crippen molar-refractivity contribution < 1.29 is 0 Å². The standard InChI is InChI=1S/C24H27N5S/c1-6-28(5)23-12-21(16(2)11-17(23)3)26-24-27-22(14-30-24)19-7-9-20(10-8-19)29-13-18(4)25-15-29/h7-15H,6H2,1-5H3,(H,26,27). The number of thiazole rings is 1. The zero-order valence-corrected chi connectivity index (χ0v) is 18.9. The van der Waals surface area contributed by atoms with E-state index in [1.165, 1.54) is 16.8 Å². The van der Waals surface area contributed by atoms with Crippen molar-refractivity contribution in [3.63, 3.8) is 0 Å². The Labute approximate surface area is 182 Å². The molecule has 0 aliphatic rings. The number of imidazole rings is 1. The number of rotatable bonds is 6. The van der Waals surface area contributed by atoms with Crippen molar-refractivity contribution in [3.8, 4) is 16.9 Å². The Balaban J connectivity index is 1.55.